The Morgan fingerprint density at radius 1 is 0.857 bits per heavy atom. The van der Waals surface area contributed by atoms with Crippen LogP contribution in [0, 0.1) is 13.8 Å². The molecule has 2 aromatic carbocycles. The molecule has 1 aromatic heterocycles. The smallest absolute Gasteiger partial charge is 0.257 e. The number of hydrogen-bond donors (Lipinski definition) is 2. The summed E-state index contributed by atoms with van der Waals surface area (Å²) in [5.74, 6) is 1.26. The lowest BCUT2D eigenvalue weighted by molar-refractivity contribution is 0.102. The number of nitrogens with one attached hydrogen (secondary N) is 2. The summed E-state index contributed by atoms with van der Waals surface area (Å²) in [6.45, 7) is 4.15. The zero-order valence-electron chi connectivity index (χ0n) is 16.4. The number of anilines is 3. The maximum absolute atomic E-state index is 12.5. The van der Waals surface area contributed by atoms with Crippen LogP contribution in [-0.2, 0) is 0 Å². The molecule has 1 heterocycles. The first-order chi connectivity index (χ1) is 13.5. The number of ether oxygens (including phenoxy) is 2. The molecule has 0 radical (unpaired) electrons. The van der Waals surface area contributed by atoms with Crippen molar-refractivity contribution in [3.8, 4) is 11.5 Å². The molecular formula is C22H23N3O3. The summed E-state index contributed by atoms with van der Waals surface area (Å²) in [6, 6.07) is 14.8. The Morgan fingerprint density at radius 2 is 1.54 bits per heavy atom. The van der Waals surface area contributed by atoms with Gasteiger partial charge in [-0.1, -0.05) is 6.07 Å². The molecule has 0 saturated heterocycles. The fourth-order valence-corrected chi connectivity index (χ4v) is 2.65. The Hall–Kier alpha value is -3.54. The SMILES string of the molecule is COc1cc(OC)cc(C(=O)Nc2ccc(Nc3ccc(C)c(C)c3)cn2)c1. The molecule has 6 heteroatoms. The van der Waals surface area contributed by atoms with E-state index in [0.29, 0.717) is 22.9 Å². The molecular weight excluding hydrogens is 354 g/mol. The van der Waals surface area contributed by atoms with Gasteiger partial charge in [0.1, 0.15) is 17.3 Å². The van der Waals surface area contributed by atoms with E-state index in [4.69, 9.17) is 9.47 Å². The van der Waals surface area contributed by atoms with Crippen LogP contribution in [0.3, 0.4) is 0 Å². The highest BCUT2D eigenvalue weighted by Crippen LogP contribution is 2.24. The normalized spacial score (nSPS) is 10.3. The van der Waals surface area contributed by atoms with Crippen molar-refractivity contribution in [1.82, 2.24) is 4.98 Å². The minimum absolute atomic E-state index is 0.292. The molecule has 3 aromatic rings. The minimum atomic E-state index is -0.292. The number of methoxy groups -OCH3 is 2. The van der Waals surface area contributed by atoms with E-state index < -0.39 is 0 Å². The highest BCUT2D eigenvalue weighted by atomic mass is 16.5. The molecule has 0 unspecified atom stereocenters. The Labute approximate surface area is 164 Å². The van der Waals surface area contributed by atoms with Gasteiger partial charge in [0.15, 0.2) is 0 Å². The Bertz CT molecular complexity index is 963. The molecule has 2 N–H and O–H groups in total. The van der Waals surface area contributed by atoms with E-state index in [9.17, 15) is 4.79 Å². The minimum Gasteiger partial charge on any atom is -0.497 e. The third kappa shape index (κ3) is 4.59. The van der Waals surface area contributed by atoms with Gasteiger partial charge in [-0.2, -0.15) is 0 Å². The van der Waals surface area contributed by atoms with Crippen LogP contribution in [0.1, 0.15) is 21.5 Å². The number of aromatic nitrogens is 1. The van der Waals surface area contributed by atoms with Crippen molar-refractivity contribution in [3.05, 3.63) is 71.4 Å². The largest absolute Gasteiger partial charge is 0.497 e. The van der Waals surface area contributed by atoms with Gasteiger partial charge in [0, 0.05) is 17.3 Å². The molecule has 6 nitrogen and oxygen atoms in total. The van der Waals surface area contributed by atoms with Gasteiger partial charge in [0.2, 0.25) is 0 Å². The maximum atomic E-state index is 12.5. The number of pyridine rings is 1. The zero-order chi connectivity index (χ0) is 20.1. The number of carbonyl (C=O) groups excluding carboxylic acids is 1. The van der Waals surface area contributed by atoms with Crippen LogP contribution in [0.5, 0.6) is 11.5 Å². The summed E-state index contributed by atoms with van der Waals surface area (Å²) in [7, 11) is 3.08. The van der Waals surface area contributed by atoms with Crippen LogP contribution in [0.25, 0.3) is 0 Å². The van der Waals surface area contributed by atoms with E-state index in [2.05, 4.69) is 41.6 Å². The topological polar surface area (TPSA) is 72.5 Å². The molecule has 0 spiro atoms. The number of aryl methyl sites for hydroxylation is 2. The van der Waals surface area contributed by atoms with E-state index in [1.807, 2.05) is 12.1 Å². The number of rotatable bonds is 6. The van der Waals surface area contributed by atoms with Crippen LogP contribution in [0.15, 0.2) is 54.7 Å². The predicted octanol–water partition coefficient (Wildman–Crippen LogP) is 4.71. The zero-order valence-corrected chi connectivity index (χ0v) is 16.4. The number of hydrogen-bond acceptors (Lipinski definition) is 5. The molecule has 144 valence electrons. The number of carbonyl (C=O) groups is 1. The van der Waals surface area contributed by atoms with Crippen LogP contribution >= 0.6 is 0 Å². The highest BCUT2D eigenvalue weighted by molar-refractivity contribution is 6.04. The van der Waals surface area contributed by atoms with E-state index >= 15 is 0 Å². The molecule has 3 rings (SSSR count). The second kappa shape index (κ2) is 8.43. The molecule has 0 fully saturated rings. The third-order valence-electron chi connectivity index (χ3n) is 4.41. The molecule has 0 aliphatic heterocycles. The first-order valence-electron chi connectivity index (χ1n) is 8.83. The van der Waals surface area contributed by atoms with E-state index in [1.165, 1.54) is 11.1 Å². The molecule has 28 heavy (non-hydrogen) atoms. The van der Waals surface area contributed by atoms with Crippen LogP contribution in [0.4, 0.5) is 17.2 Å². The summed E-state index contributed by atoms with van der Waals surface area (Å²) in [5, 5.41) is 6.09. The molecule has 0 saturated carbocycles. The molecule has 0 bridgehead atoms. The van der Waals surface area contributed by atoms with Crippen molar-refractivity contribution in [2.75, 3.05) is 24.9 Å². The van der Waals surface area contributed by atoms with Crippen LogP contribution < -0.4 is 20.1 Å². The first kappa shape index (κ1) is 19.2. The maximum Gasteiger partial charge on any atom is 0.257 e. The standard InChI is InChI=1S/C22H23N3O3/c1-14-5-6-17(9-15(14)2)24-18-7-8-21(23-13-18)25-22(26)16-10-19(27-3)12-20(11-16)28-4/h5-13,24H,1-4H3,(H,23,25,26). The van der Waals surface area contributed by atoms with Crippen molar-refractivity contribution >= 4 is 23.1 Å². The van der Waals surface area contributed by atoms with Gasteiger partial charge < -0.3 is 20.1 Å². The van der Waals surface area contributed by atoms with E-state index in [-0.39, 0.29) is 5.91 Å². The molecule has 1 amide bonds. The van der Waals surface area contributed by atoms with Crippen molar-refractivity contribution in [2.24, 2.45) is 0 Å². The number of amides is 1. The highest BCUT2D eigenvalue weighted by Gasteiger charge is 2.11. The molecule has 0 aliphatic carbocycles. The van der Waals surface area contributed by atoms with Gasteiger partial charge in [-0.05, 0) is 61.4 Å². The fourth-order valence-electron chi connectivity index (χ4n) is 2.65. The number of nitrogens with zero attached hydrogens (tertiary/aromatic N) is 1. The average molecular weight is 377 g/mol. The van der Waals surface area contributed by atoms with E-state index in [0.717, 1.165) is 11.4 Å². The predicted molar refractivity (Wildman–Crippen MR) is 111 cm³/mol. The summed E-state index contributed by atoms with van der Waals surface area (Å²) in [6.07, 6.45) is 1.68. The summed E-state index contributed by atoms with van der Waals surface area (Å²) in [5.41, 5.74) is 4.72. The Kier molecular flexibility index (Phi) is 5.79. The van der Waals surface area contributed by atoms with Crippen molar-refractivity contribution in [2.45, 2.75) is 13.8 Å². The summed E-state index contributed by atoms with van der Waals surface area (Å²) >= 11 is 0. The monoisotopic (exact) mass is 377 g/mol. The van der Waals surface area contributed by atoms with Crippen molar-refractivity contribution in [1.29, 1.82) is 0 Å². The second-order valence-corrected chi connectivity index (χ2v) is 6.41. The fraction of sp³-hybridized carbons (Fsp3) is 0.182. The lowest BCUT2D eigenvalue weighted by Crippen LogP contribution is -2.13. The summed E-state index contributed by atoms with van der Waals surface area (Å²) < 4.78 is 10.4. The third-order valence-corrected chi connectivity index (χ3v) is 4.41. The van der Waals surface area contributed by atoms with Gasteiger partial charge in [0.25, 0.3) is 5.91 Å². The van der Waals surface area contributed by atoms with Gasteiger partial charge in [-0.3, -0.25) is 4.79 Å². The molecule has 0 atom stereocenters. The lowest BCUT2D eigenvalue weighted by Gasteiger charge is -2.10. The molecule has 0 aliphatic rings. The van der Waals surface area contributed by atoms with Crippen LogP contribution in [0.2, 0.25) is 0 Å². The van der Waals surface area contributed by atoms with Gasteiger partial charge in [-0.25, -0.2) is 4.98 Å². The van der Waals surface area contributed by atoms with Gasteiger partial charge >= 0.3 is 0 Å². The quantitative estimate of drug-likeness (QED) is 0.651. The second-order valence-electron chi connectivity index (χ2n) is 6.41. The van der Waals surface area contributed by atoms with Gasteiger partial charge in [0.05, 0.1) is 26.1 Å². The summed E-state index contributed by atoms with van der Waals surface area (Å²) in [4.78, 5) is 16.8. The van der Waals surface area contributed by atoms with Crippen molar-refractivity contribution in [3.63, 3.8) is 0 Å². The average Bonchev–Trinajstić information content (AvgIpc) is 2.71. The first-order valence-corrected chi connectivity index (χ1v) is 8.83. The lowest BCUT2D eigenvalue weighted by atomic mass is 10.1. The Morgan fingerprint density at radius 3 is 2.11 bits per heavy atom. The number of benzene rings is 2. The van der Waals surface area contributed by atoms with Crippen LogP contribution in [-0.4, -0.2) is 25.1 Å². The van der Waals surface area contributed by atoms with Gasteiger partial charge in [-0.15, -0.1) is 0 Å². The Balaban J connectivity index is 1.70. The van der Waals surface area contributed by atoms with Crippen molar-refractivity contribution < 1.29 is 14.3 Å². The van der Waals surface area contributed by atoms with E-state index in [1.54, 1.807) is 44.7 Å².